The van der Waals surface area contributed by atoms with E-state index < -0.39 is 183 Å². The topological polar surface area (TPSA) is 633 Å². The van der Waals surface area contributed by atoms with E-state index in [9.17, 15) is 97.5 Å². The van der Waals surface area contributed by atoms with Gasteiger partial charge in [-0.2, -0.15) is 8.42 Å². The zero-order valence-electron chi connectivity index (χ0n) is 76.9. The van der Waals surface area contributed by atoms with Crippen LogP contribution < -0.4 is 16.4 Å². The van der Waals surface area contributed by atoms with Crippen molar-refractivity contribution in [2.75, 3.05) is 76.4 Å². The van der Waals surface area contributed by atoms with E-state index >= 15 is 0 Å². The Balaban J connectivity index is -0.000000213. The molecule has 41 nitrogen and oxygen atoms in total. The van der Waals surface area contributed by atoms with Crippen molar-refractivity contribution in [3.8, 4) is 0 Å². The van der Waals surface area contributed by atoms with Crippen LogP contribution in [0.3, 0.4) is 0 Å². The number of thioether (sulfide) groups is 1. The average Bonchev–Trinajstić information content (AvgIpc) is 0.819. The lowest BCUT2D eigenvalue weighted by Gasteiger charge is -2.24. The van der Waals surface area contributed by atoms with Gasteiger partial charge in [0.2, 0.25) is 4.45 Å². The number of hydrogen-bond donors (Lipinski definition) is 7. The molecule has 0 aliphatic heterocycles. The van der Waals surface area contributed by atoms with Crippen molar-refractivity contribution in [1.82, 2.24) is 10.6 Å². The molecule has 2 unspecified atom stereocenters. The Bertz CT molecular complexity index is 4410. The van der Waals surface area contributed by atoms with E-state index in [1.54, 1.807) is 176 Å². The second kappa shape index (κ2) is 64.4. The monoisotopic (exact) mass is 2100 g/mol. The van der Waals surface area contributed by atoms with Crippen molar-refractivity contribution < 1.29 is 179 Å². The summed E-state index contributed by atoms with van der Waals surface area (Å²) < 4.78 is 236. The molecule has 2 rings (SSSR count). The molecule has 2 amide bonds. The van der Waals surface area contributed by atoms with Gasteiger partial charge in [-0.3, -0.25) is 47.9 Å². The number of ether oxygens (including phenoxy) is 5. The molecule has 0 fully saturated rings. The molecule has 0 saturated carbocycles. The van der Waals surface area contributed by atoms with Crippen LogP contribution in [0.4, 0.5) is 9.59 Å². The minimum atomic E-state index is -4.27. The van der Waals surface area contributed by atoms with Gasteiger partial charge in [0.1, 0.15) is 65.6 Å². The van der Waals surface area contributed by atoms with Gasteiger partial charge in [0.25, 0.3) is 16.1 Å². The van der Waals surface area contributed by atoms with Gasteiger partial charge in [-0.15, -0.1) is 11.8 Å². The molecular weight excluding hydrogens is 1970 g/mol. The number of halogens is 4. The Kier molecular flexibility index (Phi) is 69.9. The number of alkyl halides is 2. The molecule has 0 aliphatic rings. The molecule has 0 heterocycles. The third-order valence-electron chi connectivity index (χ3n) is 11.4. The SMILES string of the molecule is CC(=O)O.CC(C)(C)OC(=O)C[C@@H](/C=C(\Cl)S(C)(=O)=O)NC(=O)OC(C)(C)C.CC(C)(C)OC(=O)C[C@@H](C=O)NC(=O)OC(C)(C)C.CC(C)(C)OC(=O)C[C@H]([NH3+])/C=C(\Cl)S(C)(=O)=O.CCOP(=O)(CS(C)(=O)=O)OCC.CCOP(=O)(OCC)C(Cl)S(C)(=O)=O.CCOP(=O)(OCC)C(Cl)SC.Cc1ccc(S(=O)(=O)O)cc1.Cc1ccc(S(=O)(=O)[O-])cc1.OO. The maximum absolute atomic E-state index is 11.9. The molecule has 0 radical (unpaired) electrons. The average molecular weight is 2110 g/mol. The van der Waals surface area contributed by atoms with Crippen LogP contribution in [0.25, 0.3) is 0 Å². The first kappa shape index (κ1) is 138. The van der Waals surface area contributed by atoms with Crippen molar-refractivity contribution in [3.63, 3.8) is 0 Å². The smallest absolute Gasteiger partial charge is 0.408 e. The summed E-state index contributed by atoms with van der Waals surface area (Å²) in [5, 5.41) is 24.1. The standard InChI is InChI=1S/C15H26ClNO6S.C13H23NO5.C10H18ClNO4S.2C7H8O3S.C6H14ClO5PS.C6H14ClO3PS.C6H15O5PS.C2H4O2.H2O2/c1-14(2,3)22-12(18)9-10(8-11(16)24(7,20)21)17-13(19)23-15(4,5)6;1-12(2,3)18-10(16)7-9(8-15)14-11(17)19-13(4,5)6;1-10(2,3)16-9(13)6-7(12)5-8(11)17(4,14)15;2*1-6-2-4-7(5-3-6)11(8,9)10;1-4-11-13(8,12-5-2)6(7)14(3,9)10;1-4-9-11(8,10-5-2)6(7)12-3;1-4-10-12(7,11-5-2)6-13(3,8)9;1-2(3)4;1-2/h8,10H,9H2,1-7H3,(H,17,19);8-9H,7H2,1-6H3,(H,14,17);5,7H,6,12H2,1-4H3;2*2-5H,1H3,(H,8,9,10);6H,4-5H2,1-3H3;6H,4-5H2,1-3H3;4-6H2,1-3H3;1H3,(H,3,4);1-2H/b11-8+;;8-5+;;;;;;;/t10-;9-;7-;;;;;;;/m101......./s1. The summed E-state index contributed by atoms with van der Waals surface area (Å²) >= 11 is 23.8. The number of aldehydes is 1. The van der Waals surface area contributed by atoms with Gasteiger partial charge in [0.15, 0.2) is 49.3 Å². The van der Waals surface area contributed by atoms with Crippen LogP contribution in [0.2, 0.25) is 0 Å². The van der Waals surface area contributed by atoms with E-state index in [1.807, 2.05) is 13.8 Å². The highest BCUT2D eigenvalue weighted by atomic mass is 35.5. The lowest BCUT2D eigenvalue weighted by molar-refractivity contribution is -0.402. The molecule has 9 N–H and O–H groups in total. The second-order valence-corrected chi connectivity index (χ2v) is 52.9. The summed E-state index contributed by atoms with van der Waals surface area (Å²) in [6.07, 6.45) is 6.29. The number of benzene rings is 2. The number of aryl methyl sites for hydroxylation is 2. The van der Waals surface area contributed by atoms with Crippen molar-refractivity contribution in [1.29, 1.82) is 0 Å². The zero-order chi connectivity index (χ0) is 103. The van der Waals surface area contributed by atoms with Crippen LogP contribution in [0, 0.1) is 13.8 Å². The summed E-state index contributed by atoms with van der Waals surface area (Å²) in [7, 11) is -32.6. The first-order valence-corrected chi connectivity index (χ1v) is 55.7. The summed E-state index contributed by atoms with van der Waals surface area (Å²) in [4.78, 5) is 77.8. The van der Waals surface area contributed by atoms with Crippen molar-refractivity contribution >= 4 is 183 Å². The van der Waals surface area contributed by atoms with E-state index in [2.05, 4.69) is 16.4 Å². The van der Waals surface area contributed by atoms with E-state index in [1.165, 1.54) is 42.1 Å². The number of quaternary nitrogens is 1. The number of aliphatic carboxylic acids is 1. The van der Waals surface area contributed by atoms with E-state index in [0.717, 1.165) is 49.1 Å². The number of amides is 2. The van der Waals surface area contributed by atoms with Gasteiger partial charge in [-0.1, -0.05) is 81.8 Å². The highest BCUT2D eigenvalue weighted by molar-refractivity contribution is 8.06. The molecule has 0 bridgehead atoms. The summed E-state index contributed by atoms with van der Waals surface area (Å²) in [5.74, 6) is -2.44. The highest BCUT2D eigenvalue weighted by Crippen LogP contribution is 2.58. The molecule has 55 heteroatoms. The molecule has 2 aromatic carbocycles. The number of rotatable bonds is 33. The lowest BCUT2D eigenvalue weighted by Crippen LogP contribution is -2.60. The van der Waals surface area contributed by atoms with Crippen molar-refractivity contribution in [2.24, 2.45) is 0 Å². The largest absolute Gasteiger partial charge is 0.744 e. The van der Waals surface area contributed by atoms with Crippen LogP contribution in [0.1, 0.15) is 183 Å². The number of carboxylic acid groups (broad SMARTS) is 1. The predicted molar refractivity (Wildman–Crippen MR) is 487 cm³/mol. The van der Waals surface area contributed by atoms with Gasteiger partial charge >= 0.3 is 52.9 Å². The van der Waals surface area contributed by atoms with Crippen molar-refractivity contribution in [2.45, 2.75) is 250 Å². The van der Waals surface area contributed by atoms with Gasteiger partial charge in [0.05, 0.1) is 74.4 Å². The summed E-state index contributed by atoms with van der Waals surface area (Å²) in [6.45, 7) is 41.5. The van der Waals surface area contributed by atoms with Gasteiger partial charge in [-0.05, 0) is 196 Å². The molecule has 748 valence electrons. The Morgan fingerprint density at radius 2 is 0.772 bits per heavy atom. The molecule has 0 aliphatic carbocycles. The molecule has 0 aromatic heterocycles. The van der Waals surface area contributed by atoms with Crippen molar-refractivity contribution in [3.05, 3.63) is 80.5 Å². The van der Waals surface area contributed by atoms with Crippen LogP contribution in [0.15, 0.2) is 79.2 Å². The minimum absolute atomic E-state index is 0.0109. The molecule has 2 aromatic rings. The Labute approximate surface area is 774 Å². The Hall–Kier alpha value is -4.53. The fourth-order valence-corrected chi connectivity index (χ4v) is 19.4. The molecule has 0 spiro atoms. The zero-order valence-corrected chi connectivity index (χ0v) is 88.3. The molecule has 0 saturated heterocycles. The van der Waals surface area contributed by atoms with Gasteiger partial charge in [-0.25, -0.2) is 51.7 Å². The molecule has 5 atom stereocenters. The Morgan fingerprint density at radius 1 is 0.496 bits per heavy atom. The van der Waals surface area contributed by atoms with Gasteiger partial charge in [0, 0.05) is 38.0 Å². The summed E-state index contributed by atoms with van der Waals surface area (Å²) in [5.41, 5.74) is 1.65. The van der Waals surface area contributed by atoms with E-state index in [0.29, 0.717) is 19.5 Å². The van der Waals surface area contributed by atoms with Crippen LogP contribution in [-0.2, 0) is 148 Å². The van der Waals surface area contributed by atoms with Crippen LogP contribution >= 0.6 is 81.0 Å². The number of esters is 3. The van der Waals surface area contributed by atoms with E-state index in [-0.39, 0.29) is 59.8 Å². The van der Waals surface area contributed by atoms with Crippen LogP contribution in [-0.4, -0.2) is 249 Å². The first-order chi connectivity index (χ1) is 56.8. The number of alkyl carbamates (subject to hydrolysis) is 2. The molecule has 127 heavy (non-hydrogen) atoms. The third-order valence-corrected chi connectivity index (χ3v) is 32.0. The highest BCUT2D eigenvalue weighted by Gasteiger charge is 2.42. The third kappa shape index (κ3) is 83.1. The van der Waals surface area contributed by atoms with E-state index in [4.69, 9.17) is 122 Å². The number of hydrogen-bond acceptors (Lipinski definition) is 37. The maximum atomic E-state index is 11.9. The quantitative estimate of drug-likeness (QED) is 0.00510. The maximum Gasteiger partial charge on any atom is 0.408 e. The number of carbonyl (C=O) groups is 7. The second-order valence-electron chi connectivity index (χ2n) is 30.2. The first-order valence-electron chi connectivity index (χ1n) is 37.1. The van der Waals surface area contributed by atoms with Crippen LogP contribution in [0.5, 0.6) is 0 Å². The predicted octanol–water partition coefficient (Wildman–Crippen LogP) is 13.5. The Morgan fingerprint density at radius 3 is 1.02 bits per heavy atom. The number of nitrogens with one attached hydrogen (secondary N) is 2. The number of carboxylic acids is 1. The van der Waals surface area contributed by atoms with Gasteiger partial charge < -0.3 is 81.6 Å². The normalized spacial score (nSPS) is 13.5. The fourth-order valence-electron chi connectivity index (χ4n) is 7.17. The number of carbonyl (C=O) groups excluding carboxylic acids is 6. The fraction of sp³-hybridized carbons (Fsp3) is 0.681. The summed E-state index contributed by atoms with van der Waals surface area (Å²) in [6, 6.07) is 9.29. The molecular formula is C72H132Cl4N3O38P3S7. The number of sulfone groups is 4. The minimum Gasteiger partial charge on any atom is -0.744 e. The lowest BCUT2D eigenvalue weighted by atomic mass is 10.1.